The van der Waals surface area contributed by atoms with Crippen molar-refractivity contribution in [2.75, 3.05) is 0 Å². The number of hydrogen-bond acceptors (Lipinski definition) is 1. The van der Waals surface area contributed by atoms with Crippen molar-refractivity contribution in [1.29, 1.82) is 0 Å². The molecule has 1 heteroatoms. The predicted molar refractivity (Wildman–Crippen MR) is 59.1 cm³/mol. The molecular weight excluding hydrogens is 172 g/mol. The van der Waals surface area contributed by atoms with Gasteiger partial charge in [-0.1, -0.05) is 32.6 Å². The molecule has 0 unspecified atom stereocenters. The fourth-order valence-corrected chi connectivity index (χ4v) is 3.40. The molecule has 2 saturated carbocycles. The average Bonchev–Trinajstić information content (AvgIpc) is 2.20. The highest BCUT2D eigenvalue weighted by Crippen LogP contribution is 2.39. The van der Waals surface area contributed by atoms with E-state index < -0.39 is 0 Å². The van der Waals surface area contributed by atoms with E-state index >= 15 is 0 Å². The lowest BCUT2D eigenvalue weighted by Crippen LogP contribution is -2.33. The van der Waals surface area contributed by atoms with Crippen LogP contribution in [-0.2, 0) is 0 Å². The van der Waals surface area contributed by atoms with Crippen LogP contribution in [0.3, 0.4) is 0 Å². The molecule has 0 spiro atoms. The zero-order valence-electron chi connectivity index (χ0n) is 9.41. The molecular formula is C13H24O. The minimum Gasteiger partial charge on any atom is -0.393 e. The Bertz CT molecular complexity index is 170. The van der Waals surface area contributed by atoms with Crippen molar-refractivity contribution in [2.45, 2.75) is 64.4 Å². The second kappa shape index (κ2) is 4.65. The van der Waals surface area contributed by atoms with Crippen molar-refractivity contribution in [3.63, 3.8) is 0 Å². The third-order valence-corrected chi connectivity index (χ3v) is 4.45. The van der Waals surface area contributed by atoms with Gasteiger partial charge in [0, 0.05) is 0 Å². The van der Waals surface area contributed by atoms with Crippen LogP contribution < -0.4 is 0 Å². The van der Waals surface area contributed by atoms with Crippen LogP contribution in [0, 0.1) is 17.8 Å². The van der Waals surface area contributed by atoms with Gasteiger partial charge in [-0.25, -0.2) is 0 Å². The molecule has 14 heavy (non-hydrogen) atoms. The Morgan fingerprint density at radius 3 is 2.14 bits per heavy atom. The van der Waals surface area contributed by atoms with Crippen molar-refractivity contribution in [3.8, 4) is 0 Å². The summed E-state index contributed by atoms with van der Waals surface area (Å²) in [7, 11) is 0. The Balaban J connectivity index is 1.87. The molecule has 0 aromatic carbocycles. The Labute approximate surface area is 87.9 Å². The van der Waals surface area contributed by atoms with Gasteiger partial charge in [0.2, 0.25) is 0 Å². The summed E-state index contributed by atoms with van der Waals surface area (Å²) < 4.78 is 0. The first-order valence-electron chi connectivity index (χ1n) is 6.45. The second-order valence-corrected chi connectivity index (χ2v) is 5.54. The lowest BCUT2D eigenvalue weighted by atomic mass is 9.70. The van der Waals surface area contributed by atoms with Gasteiger partial charge in [-0.15, -0.1) is 0 Å². The summed E-state index contributed by atoms with van der Waals surface area (Å²) >= 11 is 0. The largest absolute Gasteiger partial charge is 0.393 e. The molecule has 82 valence electrons. The lowest BCUT2D eigenvalue weighted by Gasteiger charge is -2.37. The van der Waals surface area contributed by atoms with Crippen LogP contribution >= 0.6 is 0 Å². The zero-order valence-corrected chi connectivity index (χ0v) is 9.41. The summed E-state index contributed by atoms with van der Waals surface area (Å²) in [6.45, 7) is 2.37. The van der Waals surface area contributed by atoms with E-state index in [9.17, 15) is 5.11 Å². The van der Waals surface area contributed by atoms with Gasteiger partial charge < -0.3 is 5.11 Å². The minimum atomic E-state index is 0.0298. The summed E-state index contributed by atoms with van der Waals surface area (Å²) in [4.78, 5) is 0. The fraction of sp³-hybridized carbons (Fsp3) is 1.00. The van der Waals surface area contributed by atoms with Crippen molar-refractivity contribution in [2.24, 2.45) is 17.8 Å². The molecule has 0 amide bonds. The minimum absolute atomic E-state index is 0.0298. The van der Waals surface area contributed by atoms with Gasteiger partial charge in [-0.3, -0.25) is 0 Å². The molecule has 2 atom stereocenters. The summed E-state index contributed by atoms with van der Waals surface area (Å²) in [6.07, 6.45) is 10.5. The molecule has 1 nitrogen and oxygen atoms in total. The monoisotopic (exact) mass is 196 g/mol. The maximum atomic E-state index is 9.99. The third-order valence-electron chi connectivity index (χ3n) is 4.45. The standard InChI is InChI=1S/C13H24O/c1-10-6-8-11(9-7-10)12-4-2-3-5-13(12)14/h10-14H,2-9H2,1H3/t10?,11?,12-,13+/m1/s1. The van der Waals surface area contributed by atoms with Crippen LogP contribution in [0.25, 0.3) is 0 Å². The van der Waals surface area contributed by atoms with Crippen LogP contribution in [0.1, 0.15) is 58.3 Å². The topological polar surface area (TPSA) is 20.2 Å². The van der Waals surface area contributed by atoms with Gasteiger partial charge in [0.15, 0.2) is 0 Å². The summed E-state index contributed by atoms with van der Waals surface area (Å²) in [6, 6.07) is 0. The molecule has 0 aliphatic heterocycles. The maximum absolute atomic E-state index is 9.99. The molecule has 0 bridgehead atoms. The molecule has 1 N–H and O–H groups in total. The molecule has 2 aliphatic carbocycles. The van der Waals surface area contributed by atoms with Gasteiger partial charge >= 0.3 is 0 Å². The maximum Gasteiger partial charge on any atom is 0.0571 e. The summed E-state index contributed by atoms with van der Waals surface area (Å²) in [5.74, 6) is 2.43. The number of aliphatic hydroxyl groups is 1. The first-order valence-corrected chi connectivity index (χ1v) is 6.45. The predicted octanol–water partition coefficient (Wildman–Crippen LogP) is 3.36. The molecule has 0 heterocycles. The van der Waals surface area contributed by atoms with Crippen LogP contribution in [-0.4, -0.2) is 11.2 Å². The van der Waals surface area contributed by atoms with Crippen LogP contribution in [0.2, 0.25) is 0 Å². The lowest BCUT2D eigenvalue weighted by molar-refractivity contribution is 0.0215. The molecule has 0 aromatic heterocycles. The van der Waals surface area contributed by atoms with Crippen molar-refractivity contribution >= 4 is 0 Å². The highest BCUT2D eigenvalue weighted by molar-refractivity contribution is 4.83. The van der Waals surface area contributed by atoms with Crippen LogP contribution in [0.15, 0.2) is 0 Å². The van der Waals surface area contributed by atoms with E-state index in [1.54, 1.807) is 0 Å². The first kappa shape index (κ1) is 10.5. The molecule has 2 rings (SSSR count). The highest BCUT2D eigenvalue weighted by Gasteiger charge is 2.32. The first-order chi connectivity index (χ1) is 6.77. The van der Waals surface area contributed by atoms with Crippen molar-refractivity contribution < 1.29 is 5.11 Å². The van der Waals surface area contributed by atoms with Gasteiger partial charge in [0.05, 0.1) is 6.10 Å². The number of hydrogen-bond donors (Lipinski definition) is 1. The van der Waals surface area contributed by atoms with E-state index in [1.807, 2.05) is 0 Å². The Morgan fingerprint density at radius 1 is 0.857 bits per heavy atom. The third kappa shape index (κ3) is 2.31. The van der Waals surface area contributed by atoms with Gasteiger partial charge in [0.1, 0.15) is 0 Å². The number of aliphatic hydroxyl groups excluding tert-OH is 1. The van der Waals surface area contributed by atoms with Crippen molar-refractivity contribution in [1.82, 2.24) is 0 Å². The quantitative estimate of drug-likeness (QED) is 0.682. The van der Waals surface area contributed by atoms with E-state index in [0.717, 1.165) is 18.3 Å². The van der Waals surface area contributed by atoms with Crippen LogP contribution in [0.5, 0.6) is 0 Å². The van der Waals surface area contributed by atoms with E-state index in [4.69, 9.17) is 0 Å². The zero-order chi connectivity index (χ0) is 9.97. The van der Waals surface area contributed by atoms with E-state index in [2.05, 4.69) is 6.92 Å². The van der Waals surface area contributed by atoms with E-state index in [1.165, 1.54) is 44.9 Å². The molecule has 2 aliphatic rings. The smallest absolute Gasteiger partial charge is 0.0571 e. The summed E-state index contributed by atoms with van der Waals surface area (Å²) in [5.41, 5.74) is 0. The van der Waals surface area contributed by atoms with Gasteiger partial charge in [0.25, 0.3) is 0 Å². The highest BCUT2D eigenvalue weighted by atomic mass is 16.3. The SMILES string of the molecule is CC1CCC([C@H]2CCCC[C@@H]2O)CC1. The second-order valence-electron chi connectivity index (χ2n) is 5.54. The summed E-state index contributed by atoms with van der Waals surface area (Å²) in [5, 5.41) is 9.99. The van der Waals surface area contributed by atoms with E-state index in [0.29, 0.717) is 5.92 Å². The van der Waals surface area contributed by atoms with Gasteiger partial charge in [-0.2, -0.15) is 0 Å². The molecule has 0 saturated heterocycles. The normalized spacial score (nSPS) is 45.0. The number of rotatable bonds is 1. The van der Waals surface area contributed by atoms with Crippen molar-refractivity contribution in [3.05, 3.63) is 0 Å². The Hall–Kier alpha value is -0.0400. The van der Waals surface area contributed by atoms with Gasteiger partial charge in [-0.05, 0) is 43.4 Å². The average molecular weight is 196 g/mol. The Morgan fingerprint density at radius 2 is 1.50 bits per heavy atom. The van der Waals surface area contributed by atoms with E-state index in [-0.39, 0.29) is 6.10 Å². The Kier molecular flexibility index (Phi) is 3.48. The fourth-order valence-electron chi connectivity index (χ4n) is 3.40. The molecule has 2 fully saturated rings. The van der Waals surface area contributed by atoms with Crippen LogP contribution in [0.4, 0.5) is 0 Å². The molecule has 0 radical (unpaired) electrons. The molecule has 0 aromatic rings.